The quantitative estimate of drug-likeness (QED) is 0.486. The second-order valence-corrected chi connectivity index (χ2v) is 8.42. The fourth-order valence-corrected chi connectivity index (χ4v) is 5.07. The molecule has 0 N–H and O–H groups in total. The van der Waals surface area contributed by atoms with Gasteiger partial charge in [-0.2, -0.15) is 0 Å². The highest BCUT2D eigenvalue weighted by atomic mass is 79.9. The zero-order chi connectivity index (χ0) is 13.8. The summed E-state index contributed by atoms with van der Waals surface area (Å²) in [6.07, 6.45) is 0. The minimum absolute atomic E-state index is 0.120. The van der Waals surface area contributed by atoms with Gasteiger partial charge in [-0.05, 0) is 62.2 Å². The lowest BCUT2D eigenvalue weighted by Crippen LogP contribution is -2.01. The van der Waals surface area contributed by atoms with Crippen LogP contribution >= 0.6 is 55.0 Å². The molecule has 0 amide bonds. The monoisotopic (exact) mass is 420 g/mol. The van der Waals surface area contributed by atoms with E-state index in [1.807, 2.05) is 30.3 Å². The normalized spacial score (nSPS) is 10.5. The molecule has 0 fully saturated rings. The number of hydrogen-bond acceptors (Lipinski definition) is 4. The number of carbonyl (C=O) groups excluding carboxylic acids is 1. The first-order valence-corrected chi connectivity index (χ1v) is 8.74. The molecule has 0 aliphatic heterocycles. The van der Waals surface area contributed by atoms with Gasteiger partial charge >= 0.3 is 0 Å². The summed E-state index contributed by atoms with van der Waals surface area (Å²) in [5.74, 6) is 1.36. The molecule has 19 heavy (non-hydrogen) atoms. The van der Waals surface area contributed by atoms with Crippen LogP contribution in [0.15, 0.2) is 42.8 Å². The molecule has 6 heteroatoms. The van der Waals surface area contributed by atoms with Gasteiger partial charge in [-0.1, -0.05) is 0 Å². The highest BCUT2D eigenvalue weighted by Gasteiger charge is 2.13. The fraction of sp³-hybridized carbons (Fsp3) is 0.154. The van der Waals surface area contributed by atoms with Crippen molar-refractivity contribution in [2.45, 2.75) is 4.90 Å². The van der Waals surface area contributed by atoms with Crippen LogP contribution in [0, 0.1) is 0 Å². The largest absolute Gasteiger partial charge is 0.497 e. The lowest BCUT2D eigenvalue weighted by molar-refractivity contribution is 0.102. The van der Waals surface area contributed by atoms with Crippen LogP contribution in [0.1, 0.15) is 10.4 Å². The first-order valence-electron chi connectivity index (χ1n) is 5.35. The standard InChI is InChI=1S/C13H10Br2O2S2/c1-17-8-2-4-9(5-3-8)18-7-11(16)10-6-12(14)19-13(10)15/h2-6H,7H2,1H3. The molecule has 0 saturated heterocycles. The van der Waals surface area contributed by atoms with Gasteiger partial charge in [0.25, 0.3) is 0 Å². The van der Waals surface area contributed by atoms with Crippen LogP contribution in [0.4, 0.5) is 0 Å². The molecule has 0 atom stereocenters. The van der Waals surface area contributed by atoms with Gasteiger partial charge in [0, 0.05) is 10.5 Å². The second-order valence-electron chi connectivity index (χ2n) is 3.63. The summed E-state index contributed by atoms with van der Waals surface area (Å²) in [7, 11) is 1.64. The molecular weight excluding hydrogens is 412 g/mol. The van der Waals surface area contributed by atoms with Gasteiger partial charge in [-0.25, -0.2) is 0 Å². The highest BCUT2D eigenvalue weighted by molar-refractivity contribution is 9.12. The first-order chi connectivity index (χ1) is 9.10. The van der Waals surface area contributed by atoms with Gasteiger partial charge in [0.05, 0.1) is 20.4 Å². The summed E-state index contributed by atoms with van der Waals surface area (Å²) in [5, 5.41) is 0. The van der Waals surface area contributed by atoms with Crippen molar-refractivity contribution < 1.29 is 9.53 Å². The van der Waals surface area contributed by atoms with Crippen LogP contribution in [0.2, 0.25) is 0 Å². The lowest BCUT2D eigenvalue weighted by atomic mass is 10.2. The molecule has 100 valence electrons. The number of rotatable bonds is 5. The van der Waals surface area contributed by atoms with Crippen molar-refractivity contribution in [2.24, 2.45) is 0 Å². The van der Waals surface area contributed by atoms with Gasteiger partial charge in [-0.15, -0.1) is 23.1 Å². The van der Waals surface area contributed by atoms with Crippen molar-refractivity contribution in [3.8, 4) is 5.75 Å². The number of Topliss-reactive ketones (excluding diaryl/α,β-unsaturated/α-hetero) is 1. The number of benzene rings is 1. The lowest BCUT2D eigenvalue weighted by Gasteiger charge is -2.03. The summed E-state index contributed by atoms with van der Waals surface area (Å²) in [6.45, 7) is 0. The fourth-order valence-electron chi connectivity index (χ4n) is 1.43. The van der Waals surface area contributed by atoms with Crippen molar-refractivity contribution in [1.29, 1.82) is 0 Å². The number of carbonyl (C=O) groups is 1. The van der Waals surface area contributed by atoms with E-state index < -0.39 is 0 Å². The molecule has 1 aromatic heterocycles. The number of thioether (sulfide) groups is 1. The molecule has 0 unspecified atom stereocenters. The van der Waals surface area contributed by atoms with Gasteiger partial charge in [0.15, 0.2) is 5.78 Å². The number of thiophene rings is 1. The van der Waals surface area contributed by atoms with Gasteiger partial charge in [-0.3, -0.25) is 4.79 Å². The SMILES string of the molecule is COc1ccc(SCC(=O)c2cc(Br)sc2Br)cc1. The van der Waals surface area contributed by atoms with E-state index in [1.54, 1.807) is 7.11 Å². The Morgan fingerprint density at radius 2 is 2.00 bits per heavy atom. The maximum absolute atomic E-state index is 12.1. The average Bonchev–Trinajstić information content (AvgIpc) is 2.75. The van der Waals surface area contributed by atoms with Crippen molar-refractivity contribution >= 4 is 60.7 Å². The minimum atomic E-state index is 0.120. The first kappa shape index (κ1) is 15.1. The number of halogens is 2. The predicted octanol–water partition coefficient (Wildman–Crippen LogP) is 5.26. The van der Waals surface area contributed by atoms with E-state index in [0.717, 1.165) is 23.8 Å². The Morgan fingerprint density at radius 1 is 1.32 bits per heavy atom. The Balaban J connectivity index is 1.98. The topological polar surface area (TPSA) is 26.3 Å². The Labute approximate surface area is 136 Å². The van der Waals surface area contributed by atoms with E-state index in [9.17, 15) is 4.79 Å². The Kier molecular flexibility index (Phi) is 5.50. The van der Waals surface area contributed by atoms with E-state index in [0.29, 0.717) is 5.75 Å². The summed E-state index contributed by atoms with van der Waals surface area (Å²) >= 11 is 9.82. The molecule has 0 radical (unpaired) electrons. The van der Waals surface area contributed by atoms with E-state index in [1.165, 1.54) is 23.1 Å². The van der Waals surface area contributed by atoms with Crippen LogP contribution in [-0.4, -0.2) is 18.6 Å². The number of ether oxygens (including phenoxy) is 1. The molecule has 2 rings (SSSR count). The zero-order valence-electron chi connectivity index (χ0n) is 9.98. The average molecular weight is 422 g/mol. The van der Waals surface area contributed by atoms with Gasteiger partial charge in [0.2, 0.25) is 0 Å². The van der Waals surface area contributed by atoms with Crippen LogP contribution in [-0.2, 0) is 0 Å². The summed E-state index contributed by atoms with van der Waals surface area (Å²) < 4.78 is 6.93. The van der Waals surface area contributed by atoms with Crippen molar-refractivity contribution in [3.05, 3.63) is 43.5 Å². The van der Waals surface area contributed by atoms with E-state index in [2.05, 4.69) is 31.9 Å². The predicted molar refractivity (Wildman–Crippen MR) is 87.8 cm³/mol. The maximum Gasteiger partial charge on any atom is 0.175 e. The van der Waals surface area contributed by atoms with Crippen LogP contribution in [0.5, 0.6) is 5.75 Å². The summed E-state index contributed by atoms with van der Waals surface area (Å²) in [4.78, 5) is 13.1. The molecular formula is C13H10Br2O2S2. The van der Waals surface area contributed by atoms with Crippen LogP contribution in [0.3, 0.4) is 0 Å². The molecule has 0 aliphatic carbocycles. The van der Waals surface area contributed by atoms with Crippen LogP contribution in [0.25, 0.3) is 0 Å². The minimum Gasteiger partial charge on any atom is -0.497 e. The van der Waals surface area contributed by atoms with Gasteiger partial charge in [0.1, 0.15) is 5.75 Å². The number of ketones is 1. The molecule has 1 heterocycles. The van der Waals surface area contributed by atoms with E-state index in [-0.39, 0.29) is 5.78 Å². The second kappa shape index (κ2) is 6.92. The molecule has 1 aromatic carbocycles. The molecule has 0 bridgehead atoms. The molecule has 0 spiro atoms. The van der Waals surface area contributed by atoms with E-state index in [4.69, 9.17) is 4.74 Å². The third-order valence-corrected chi connectivity index (χ3v) is 5.74. The maximum atomic E-state index is 12.1. The van der Waals surface area contributed by atoms with Crippen molar-refractivity contribution in [2.75, 3.05) is 12.9 Å². The molecule has 0 saturated carbocycles. The summed E-state index contributed by atoms with van der Waals surface area (Å²) in [5.41, 5.74) is 0.734. The highest BCUT2D eigenvalue weighted by Crippen LogP contribution is 2.33. The third kappa shape index (κ3) is 4.08. The Morgan fingerprint density at radius 3 is 2.53 bits per heavy atom. The molecule has 0 aliphatic rings. The van der Waals surface area contributed by atoms with E-state index >= 15 is 0 Å². The Bertz CT molecular complexity index is 579. The number of methoxy groups -OCH3 is 1. The third-order valence-electron chi connectivity index (χ3n) is 2.39. The summed E-state index contributed by atoms with van der Waals surface area (Å²) in [6, 6.07) is 9.55. The number of hydrogen-bond donors (Lipinski definition) is 0. The molecule has 2 nitrogen and oxygen atoms in total. The smallest absolute Gasteiger partial charge is 0.175 e. The van der Waals surface area contributed by atoms with Crippen LogP contribution < -0.4 is 4.74 Å². The Hall–Kier alpha value is -0.300. The van der Waals surface area contributed by atoms with Crippen molar-refractivity contribution in [3.63, 3.8) is 0 Å². The van der Waals surface area contributed by atoms with Crippen molar-refractivity contribution in [1.82, 2.24) is 0 Å². The van der Waals surface area contributed by atoms with Gasteiger partial charge < -0.3 is 4.74 Å². The zero-order valence-corrected chi connectivity index (χ0v) is 14.8. The molecule has 2 aromatic rings.